The second-order valence-corrected chi connectivity index (χ2v) is 6.20. The molecule has 4 rings (SSSR count). The van der Waals surface area contributed by atoms with E-state index >= 15 is 0 Å². The summed E-state index contributed by atoms with van der Waals surface area (Å²) in [6.45, 7) is 0.941. The molecule has 1 aromatic heterocycles. The molecule has 0 saturated carbocycles. The summed E-state index contributed by atoms with van der Waals surface area (Å²) in [5, 5.41) is 2.35. The molecule has 0 radical (unpaired) electrons. The van der Waals surface area contributed by atoms with E-state index in [1.54, 1.807) is 30.3 Å². The average molecular weight is 352 g/mol. The average Bonchev–Trinajstić information content (AvgIpc) is 3.20. The van der Waals surface area contributed by atoms with Crippen LogP contribution in [0.3, 0.4) is 0 Å². The van der Waals surface area contributed by atoms with Gasteiger partial charge in [-0.25, -0.2) is 4.79 Å². The van der Waals surface area contributed by atoms with Gasteiger partial charge in [-0.2, -0.15) is 0 Å². The first-order chi connectivity index (χ1) is 12.7. The highest BCUT2D eigenvalue weighted by Gasteiger charge is 2.28. The Hall–Kier alpha value is -3.12. The highest BCUT2D eigenvalue weighted by Crippen LogP contribution is 2.24. The largest absolute Gasteiger partial charge is 0.460 e. The minimum atomic E-state index is -0.280. The van der Waals surface area contributed by atoms with E-state index in [0.717, 1.165) is 19.4 Å². The number of rotatable bonds is 4. The fraction of sp³-hybridized carbons (Fsp3) is 0.200. The topological polar surface area (TPSA) is 82.4 Å². The van der Waals surface area contributed by atoms with Gasteiger partial charge in [-0.05, 0) is 24.3 Å². The number of hydrogen-bond donors (Lipinski definition) is 1. The highest BCUT2D eigenvalue weighted by molar-refractivity contribution is 5.81. The van der Waals surface area contributed by atoms with Crippen LogP contribution < -0.4 is 20.2 Å². The van der Waals surface area contributed by atoms with Crippen LogP contribution in [0.15, 0.2) is 64.0 Å². The van der Waals surface area contributed by atoms with E-state index in [9.17, 15) is 9.59 Å². The Balaban J connectivity index is 1.58. The molecule has 1 saturated heterocycles. The van der Waals surface area contributed by atoms with Gasteiger partial charge in [0.1, 0.15) is 23.3 Å². The van der Waals surface area contributed by atoms with Crippen molar-refractivity contribution in [3.05, 3.63) is 65.0 Å². The molecule has 2 N–H and O–H groups in total. The van der Waals surface area contributed by atoms with Crippen LogP contribution in [-0.2, 0) is 4.79 Å². The number of ether oxygens (including phenoxy) is 2. The zero-order chi connectivity index (χ0) is 17.9. The molecule has 1 fully saturated rings. The van der Waals surface area contributed by atoms with Crippen molar-refractivity contribution in [3.8, 4) is 17.2 Å². The smallest absolute Gasteiger partial charge is 0.370 e. The Morgan fingerprint density at radius 2 is 1.96 bits per heavy atom. The predicted molar refractivity (Wildman–Crippen MR) is 94.4 cm³/mol. The zero-order valence-electron chi connectivity index (χ0n) is 14.0. The van der Waals surface area contributed by atoms with Gasteiger partial charge in [-0.1, -0.05) is 18.2 Å². The molecule has 3 aromatic rings. The van der Waals surface area contributed by atoms with Crippen molar-refractivity contribution in [1.82, 2.24) is 0 Å². The molecule has 2 aromatic carbocycles. The van der Waals surface area contributed by atoms with E-state index in [0.29, 0.717) is 22.5 Å². The van der Waals surface area contributed by atoms with Gasteiger partial charge in [0.25, 0.3) is 0 Å². The predicted octanol–water partition coefficient (Wildman–Crippen LogP) is 2.22. The van der Waals surface area contributed by atoms with Crippen LogP contribution in [0.1, 0.15) is 12.8 Å². The standard InChI is InChI=1S/C20H17NO5/c22-19-15-9-8-14(26-20(23)16-7-4-10-21-16)11-17(15)24-12-18(19)25-13-5-2-1-3-6-13/h1-3,5-6,8-9,11-12,16,21H,4,7,10H2/p+1/t16-/m0/s1. The molecule has 0 spiro atoms. The molecule has 6 heteroatoms. The van der Waals surface area contributed by atoms with E-state index < -0.39 is 0 Å². The number of nitrogens with two attached hydrogens (primary N) is 1. The van der Waals surface area contributed by atoms with E-state index in [1.807, 2.05) is 23.5 Å². The molecule has 6 nitrogen and oxygen atoms in total. The fourth-order valence-electron chi connectivity index (χ4n) is 3.02. The Bertz CT molecular complexity index is 990. The van der Waals surface area contributed by atoms with Crippen LogP contribution in [0.4, 0.5) is 0 Å². The minimum Gasteiger partial charge on any atom is -0.460 e. The zero-order valence-corrected chi connectivity index (χ0v) is 14.0. The highest BCUT2D eigenvalue weighted by atomic mass is 16.5. The third kappa shape index (κ3) is 3.32. The summed E-state index contributed by atoms with van der Waals surface area (Å²) in [7, 11) is 0. The summed E-state index contributed by atoms with van der Waals surface area (Å²) in [6.07, 6.45) is 3.10. The summed E-state index contributed by atoms with van der Waals surface area (Å²) < 4.78 is 16.5. The first kappa shape index (κ1) is 16.4. The number of carbonyl (C=O) groups is 1. The van der Waals surface area contributed by atoms with Gasteiger partial charge >= 0.3 is 5.97 Å². The van der Waals surface area contributed by atoms with Gasteiger partial charge in [0.05, 0.1) is 11.9 Å². The number of fused-ring (bicyclic) bond motifs is 1. The van der Waals surface area contributed by atoms with Crippen molar-refractivity contribution in [3.63, 3.8) is 0 Å². The molecule has 0 unspecified atom stereocenters. The summed E-state index contributed by atoms with van der Waals surface area (Å²) in [5.41, 5.74) is 0.0632. The third-order valence-electron chi connectivity index (χ3n) is 4.38. The maximum absolute atomic E-state index is 12.6. The molecule has 132 valence electrons. The summed E-state index contributed by atoms with van der Waals surface area (Å²) >= 11 is 0. The van der Waals surface area contributed by atoms with Gasteiger partial charge in [-0.15, -0.1) is 0 Å². The van der Waals surface area contributed by atoms with Gasteiger partial charge < -0.3 is 19.2 Å². The summed E-state index contributed by atoms with van der Waals surface area (Å²) in [6, 6.07) is 13.6. The van der Waals surface area contributed by atoms with Crippen LogP contribution in [0.25, 0.3) is 11.0 Å². The van der Waals surface area contributed by atoms with Gasteiger partial charge in [0.15, 0.2) is 6.04 Å². The Kier molecular flexibility index (Phi) is 4.41. The Morgan fingerprint density at radius 1 is 1.12 bits per heavy atom. The maximum Gasteiger partial charge on any atom is 0.370 e. The molecule has 0 bridgehead atoms. The number of quaternary nitrogens is 1. The summed E-state index contributed by atoms with van der Waals surface area (Å²) in [5.74, 6) is 0.752. The van der Waals surface area contributed by atoms with Gasteiger partial charge in [0.2, 0.25) is 11.2 Å². The number of esters is 1. The van der Waals surface area contributed by atoms with Crippen LogP contribution >= 0.6 is 0 Å². The quantitative estimate of drug-likeness (QED) is 0.575. The van der Waals surface area contributed by atoms with Crippen LogP contribution in [-0.4, -0.2) is 18.6 Å². The lowest BCUT2D eigenvalue weighted by Gasteiger charge is -2.09. The van der Waals surface area contributed by atoms with E-state index in [2.05, 4.69) is 0 Å². The number of para-hydroxylation sites is 1. The molecule has 2 heterocycles. The lowest BCUT2D eigenvalue weighted by atomic mass is 10.2. The second-order valence-electron chi connectivity index (χ2n) is 6.20. The van der Waals surface area contributed by atoms with Crippen molar-refractivity contribution in [2.24, 2.45) is 0 Å². The Labute approximate surface area is 149 Å². The molecule has 1 atom stereocenters. The molecular formula is C20H18NO5+. The second kappa shape index (κ2) is 7.01. The molecule has 0 amide bonds. The maximum atomic E-state index is 12.6. The van der Waals surface area contributed by atoms with Gasteiger partial charge in [0, 0.05) is 18.9 Å². The minimum absolute atomic E-state index is 0.106. The Morgan fingerprint density at radius 3 is 2.73 bits per heavy atom. The monoisotopic (exact) mass is 352 g/mol. The van der Waals surface area contributed by atoms with Crippen LogP contribution in [0.5, 0.6) is 17.2 Å². The van der Waals surface area contributed by atoms with Crippen LogP contribution in [0.2, 0.25) is 0 Å². The fourth-order valence-corrected chi connectivity index (χ4v) is 3.02. The van der Waals surface area contributed by atoms with Crippen molar-refractivity contribution in [2.45, 2.75) is 18.9 Å². The van der Waals surface area contributed by atoms with Crippen molar-refractivity contribution >= 4 is 16.9 Å². The van der Waals surface area contributed by atoms with E-state index in [-0.39, 0.29) is 23.2 Å². The molecule has 0 aliphatic carbocycles. The number of hydrogen-bond acceptors (Lipinski definition) is 5. The van der Waals surface area contributed by atoms with Crippen molar-refractivity contribution in [1.29, 1.82) is 0 Å². The van der Waals surface area contributed by atoms with Crippen molar-refractivity contribution in [2.75, 3.05) is 6.54 Å². The molecule has 1 aliphatic heterocycles. The number of benzene rings is 2. The molecular weight excluding hydrogens is 334 g/mol. The molecule has 26 heavy (non-hydrogen) atoms. The lowest BCUT2D eigenvalue weighted by molar-refractivity contribution is -0.658. The summed E-state index contributed by atoms with van der Waals surface area (Å²) in [4.78, 5) is 24.7. The van der Waals surface area contributed by atoms with Gasteiger partial charge in [-0.3, -0.25) is 4.79 Å². The molecule has 1 aliphatic rings. The first-order valence-electron chi connectivity index (χ1n) is 8.54. The lowest BCUT2D eigenvalue weighted by Crippen LogP contribution is -2.88. The van der Waals surface area contributed by atoms with Crippen LogP contribution in [0, 0.1) is 0 Å². The van der Waals surface area contributed by atoms with Crippen molar-refractivity contribution < 1.29 is 24.0 Å². The SMILES string of the molecule is O=C(Oc1ccc2c(=O)c(Oc3ccccc3)coc2c1)[C@@H]1CCC[NH2+]1. The van der Waals surface area contributed by atoms with E-state index in [1.165, 1.54) is 6.26 Å². The number of carbonyl (C=O) groups excluding carboxylic acids is 1. The third-order valence-corrected chi connectivity index (χ3v) is 4.38. The normalized spacial score (nSPS) is 16.5. The first-order valence-corrected chi connectivity index (χ1v) is 8.54. The van der Waals surface area contributed by atoms with E-state index in [4.69, 9.17) is 13.9 Å².